The third-order valence-electron chi connectivity index (χ3n) is 4.17. The molecule has 26 heavy (non-hydrogen) atoms. The number of benzene rings is 1. The monoisotopic (exact) mass is 398 g/mol. The van der Waals surface area contributed by atoms with Crippen LogP contribution in [-0.4, -0.2) is 59.6 Å². The second kappa shape index (κ2) is 8.17. The summed E-state index contributed by atoms with van der Waals surface area (Å²) in [5, 5.41) is 2.25. The van der Waals surface area contributed by atoms with Gasteiger partial charge in [0, 0.05) is 31.2 Å². The third-order valence-corrected chi connectivity index (χ3v) is 5.35. The van der Waals surface area contributed by atoms with E-state index in [9.17, 15) is 14.4 Å². The molecule has 1 aromatic carbocycles. The van der Waals surface area contributed by atoms with Gasteiger partial charge >= 0.3 is 11.0 Å². The quantitative estimate of drug-likeness (QED) is 0.772. The first-order chi connectivity index (χ1) is 12.5. The molecule has 0 aliphatic carbocycles. The van der Waals surface area contributed by atoms with E-state index in [2.05, 4.69) is 5.43 Å². The predicted molar refractivity (Wildman–Crippen MR) is 99.5 cm³/mol. The van der Waals surface area contributed by atoms with Crippen molar-refractivity contribution >= 4 is 45.5 Å². The number of halogens is 1. The van der Waals surface area contributed by atoms with Gasteiger partial charge in [0.2, 0.25) is 0 Å². The predicted octanol–water partition coefficient (Wildman–Crippen LogP) is 1.69. The van der Waals surface area contributed by atoms with Gasteiger partial charge in [-0.1, -0.05) is 22.9 Å². The highest BCUT2D eigenvalue weighted by Gasteiger charge is 2.28. The lowest BCUT2D eigenvalue weighted by atomic mass is 10.3. The lowest BCUT2D eigenvalue weighted by Gasteiger charge is -2.37. The highest BCUT2D eigenvalue weighted by molar-refractivity contribution is 7.16. The molecular formula is C16H19ClN4O4S. The number of fused-ring (bicyclic) bond motifs is 1. The van der Waals surface area contributed by atoms with Crippen LogP contribution in [0, 0.1) is 0 Å². The van der Waals surface area contributed by atoms with Crippen molar-refractivity contribution in [2.45, 2.75) is 13.1 Å². The Morgan fingerprint density at radius 1 is 1.38 bits per heavy atom. The first kappa shape index (κ1) is 18.8. The molecule has 140 valence electrons. The Morgan fingerprint density at radius 2 is 2.12 bits per heavy atom. The van der Waals surface area contributed by atoms with Gasteiger partial charge in [0.15, 0.2) is 6.29 Å². The van der Waals surface area contributed by atoms with E-state index in [1.54, 1.807) is 30.1 Å². The Kier molecular flexibility index (Phi) is 5.92. The molecule has 8 nitrogen and oxygen atoms in total. The molecule has 1 unspecified atom stereocenters. The van der Waals surface area contributed by atoms with Crippen LogP contribution >= 0.6 is 22.9 Å². The number of hydrazine groups is 1. The minimum absolute atomic E-state index is 0.202. The number of aldehydes is 1. The summed E-state index contributed by atoms with van der Waals surface area (Å²) >= 11 is 7.14. The van der Waals surface area contributed by atoms with Gasteiger partial charge in [-0.25, -0.2) is 9.80 Å². The van der Waals surface area contributed by atoms with Crippen LogP contribution in [0.2, 0.25) is 5.02 Å². The van der Waals surface area contributed by atoms with Crippen LogP contribution < -0.4 is 10.3 Å². The number of thiazole rings is 1. The average Bonchev–Trinajstić information content (AvgIpc) is 2.93. The number of nitrogens with zero attached hydrogens (tertiary/aromatic N) is 3. The number of amides is 1. The second-order valence-electron chi connectivity index (χ2n) is 5.76. The summed E-state index contributed by atoms with van der Waals surface area (Å²) in [6.45, 7) is 4.10. The van der Waals surface area contributed by atoms with Crippen LogP contribution in [0.25, 0.3) is 10.2 Å². The molecule has 1 atom stereocenters. The number of hydrogen-bond acceptors (Lipinski definition) is 7. The Morgan fingerprint density at radius 3 is 2.77 bits per heavy atom. The van der Waals surface area contributed by atoms with Crippen molar-refractivity contribution in [2.75, 3.05) is 32.8 Å². The Hall–Kier alpha value is -1.94. The molecule has 0 radical (unpaired) electrons. The Bertz CT molecular complexity index is 860. The fourth-order valence-electron chi connectivity index (χ4n) is 2.96. The topological polar surface area (TPSA) is 83.9 Å². The van der Waals surface area contributed by atoms with E-state index in [1.165, 1.54) is 4.57 Å². The zero-order valence-electron chi connectivity index (χ0n) is 14.2. The Labute approximate surface area is 158 Å². The number of ether oxygens (including phenoxy) is 1. The average molecular weight is 399 g/mol. The van der Waals surface area contributed by atoms with Gasteiger partial charge in [-0.3, -0.25) is 24.5 Å². The van der Waals surface area contributed by atoms with Crippen LogP contribution in [0.3, 0.4) is 0 Å². The molecule has 2 aromatic rings. The number of carbonyl (C=O) groups is 2. The van der Waals surface area contributed by atoms with Gasteiger partial charge in [0.05, 0.1) is 16.8 Å². The number of nitrogens with one attached hydrogen (secondary N) is 1. The highest BCUT2D eigenvalue weighted by atomic mass is 35.5. The molecule has 1 fully saturated rings. The van der Waals surface area contributed by atoms with E-state index in [-0.39, 0.29) is 4.87 Å². The number of aromatic nitrogens is 1. The summed E-state index contributed by atoms with van der Waals surface area (Å²) < 4.78 is 7.12. The molecule has 0 spiro atoms. The normalized spacial score (nSPS) is 17.2. The molecule has 1 N–H and O–H groups in total. The molecule has 1 aliphatic rings. The van der Waals surface area contributed by atoms with Crippen LogP contribution in [0.5, 0.6) is 0 Å². The number of rotatable bonds is 5. The van der Waals surface area contributed by atoms with Crippen LogP contribution in [-0.2, 0) is 9.53 Å². The van der Waals surface area contributed by atoms with E-state index in [0.29, 0.717) is 43.3 Å². The summed E-state index contributed by atoms with van der Waals surface area (Å²) in [6.07, 6.45) is -0.440. The Balaban J connectivity index is 1.76. The van der Waals surface area contributed by atoms with Gasteiger partial charge in [-0.15, -0.1) is 0 Å². The van der Waals surface area contributed by atoms with Crippen LogP contribution in [0.4, 0.5) is 4.79 Å². The minimum Gasteiger partial charge on any atom is -0.449 e. The molecule has 1 aromatic heterocycles. The molecule has 2 heterocycles. The molecule has 1 aliphatic heterocycles. The minimum atomic E-state index is -0.709. The van der Waals surface area contributed by atoms with Crippen LogP contribution in [0.15, 0.2) is 23.0 Å². The molecular weight excluding hydrogens is 380 g/mol. The van der Waals surface area contributed by atoms with Crippen molar-refractivity contribution in [2.24, 2.45) is 0 Å². The van der Waals surface area contributed by atoms with E-state index in [0.717, 1.165) is 22.3 Å². The standard InChI is InChI=1S/C16H19ClN4O4S/c1-2-25-15(23)18-20-7-5-19(6-8-20)14(10-22)21-12-9-11(17)3-4-13(12)26-16(21)24/h3-4,9-10,14H,2,5-8H2,1H3,(H,18,23). The first-order valence-corrected chi connectivity index (χ1v) is 9.41. The smallest absolute Gasteiger partial charge is 0.421 e. The summed E-state index contributed by atoms with van der Waals surface area (Å²) in [4.78, 5) is 37.4. The summed E-state index contributed by atoms with van der Waals surface area (Å²) in [5.74, 6) is 0. The van der Waals surface area contributed by atoms with E-state index < -0.39 is 12.3 Å². The lowest BCUT2D eigenvalue weighted by Crippen LogP contribution is -2.55. The molecule has 10 heteroatoms. The first-order valence-electron chi connectivity index (χ1n) is 8.21. The van der Waals surface area contributed by atoms with Crippen molar-refractivity contribution in [1.29, 1.82) is 0 Å². The van der Waals surface area contributed by atoms with Crippen molar-refractivity contribution in [3.05, 3.63) is 32.9 Å². The van der Waals surface area contributed by atoms with E-state index in [1.807, 2.05) is 4.90 Å². The van der Waals surface area contributed by atoms with Gasteiger partial charge in [0.1, 0.15) is 6.17 Å². The fraction of sp³-hybridized carbons (Fsp3) is 0.438. The van der Waals surface area contributed by atoms with E-state index in [4.69, 9.17) is 16.3 Å². The maximum atomic E-state index is 12.4. The summed E-state index contributed by atoms with van der Waals surface area (Å²) in [6, 6.07) is 5.20. The zero-order valence-corrected chi connectivity index (χ0v) is 15.8. The zero-order chi connectivity index (χ0) is 18.7. The van der Waals surface area contributed by atoms with Crippen molar-refractivity contribution in [3.8, 4) is 0 Å². The largest absolute Gasteiger partial charge is 0.449 e. The third kappa shape index (κ3) is 3.90. The number of hydrogen-bond donors (Lipinski definition) is 1. The van der Waals surface area contributed by atoms with Gasteiger partial charge in [0.25, 0.3) is 0 Å². The van der Waals surface area contributed by atoms with Gasteiger partial charge < -0.3 is 4.74 Å². The molecule has 0 saturated carbocycles. The van der Waals surface area contributed by atoms with Crippen molar-refractivity contribution in [3.63, 3.8) is 0 Å². The van der Waals surface area contributed by atoms with Gasteiger partial charge in [-0.2, -0.15) is 0 Å². The SMILES string of the molecule is CCOC(=O)NN1CCN(C(C=O)n2c(=O)sc3ccc(Cl)cc32)CC1. The molecule has 1 saturated heterocycles. The highest BCUT2D eigenvalue weighted by Crippen LogP contribution is 2.25. The van der Waals surface area contributed by atoms with Gasteiger partial charge in [-0.05, 0) is 25.1 Å². The number of carbonyl (C=O) groups excluding carboxylic acids is 2. The number of piperazine rings is 1. The lowest BCUT2D eigenvalue weighted by molar-refractivity contribution is -0.116. The second-order valence-corrected chi connectivity index (χ2v) is 7.18. The summed E-state index contributed by atoms with van der Waals surface area (Å²) in [7, 11) is 0. The van der Waals surface area contributed by atoms with Crippen LogP contribution in [0.1, 0.15) is 13.1 Å². The molecule has 0 bridgehead atoms. The molecule has 3 rings (SSSR count). The van der Waals surface area contributed by atoms with Crippen molar-refractivity contribution < 1.29 is 14.3 Å². The van der Waals surface area contributed by atoms with E-state index >= 15 is 0 Å². The molecule has 1 amide bonds. The summed E-state index contributed by atoms with van der Waals surface area (Å²) in [5.41, 5.74) is 3.30. The maximum absolute atomic E-state index is 12.4. The maximum Gasteiger partial charge on any atom is 0.421 e. The fourth-order valence-corrected chi connectivity index (χ4v) is 4.02. The van der Waals surface area contributed by atoms with Crippen molar-refractivity contribution in [1.82, 2.24) is 19.9 Å².